The zero-order valence-electron chi connectivity index (χ0n) is 14.0. The van der Waals surface area contributed by atoms with Crippen molar-refractivity contribution in [3.8, 4) is 11.5 Å². The SMILES string of the molecule is O=C(COC(=O)c1ccc(Cl)c([N+](=O)[O-])c1)Nc1nnc(-c2ccccc2)o1. The Morgan fingerprint density at radius 3 is 2.64 bits per heavy atom. The molecule has 0 aliphatic heterocycles. The number of nitrogens with one attached hydrogen (secondary N) is 1. The molecule has 0 saturated heterocycles. The molecule has 142 valence electrons. The summed E-state index contributed by atoms with van der Waals surface area (Å²) in [6.07, 6.45) is 0. The van der Waals surface area contributed by atoms with Gasteiger partial charge in [0, 0.05) is 11.6 Å². The van der Waals surface area contributed by atoms with E-state index in [-0.39, 0.29) is 22.5 Å². The van der Waals surface area contributed by atoms with Crippen LogP contribution in [0.2, 0.25) is 5.02 Å². The molecular weight excluding hydrogens is 392 g/mol. The smallest absolute Gasteiger partial charge is 0.338 e. The highest BCUT2D eigenvalue weighted by molar-refractivity contribution is 6.32. The molecular formula is C17H11ClN4O6. The van der Waals surface area contributed by atoms with Crippen LogP contribution in [0.4, 0.5) is 11.7 Å². The van der Waals surface area contributed by atoms with Gasteiger partial charge in [-0.3, -0.25) is 20.2 Å². The van der Waals surface area contributed by atoms with Crippen LogP contribution in [0.15, 0.2) is 52.9 Å². The number of amides is 1. The van der Waals surface area contributed by atoms with Gasteiger partial charge in [0.2, 0.25) is 5.89 Å². The number of anilines is 1. The van der Waals surface area contributed by atoms with E-state index in [1.165, 1.54) is 12.1 Å². The standard InChI is InChI=1S/C17H11ClN4O6/c18-12-7-6-11(8-13(12)22(25)26)16(24)27-9-14(23)19-17-21-20-15(28-17)10-4-2-1-3-5-10/h1-8H,9H2,(H,19,21,23). The molecule has 10 nitrogen and oxygen atoms in total. The van der Waals surface area contributed by atoms with Crippen LogP contribution >= 0.6 is 11.6 Å². The van der Waals surface area contributed by atoms with Crippen LogP contribution in [0.25, 0.3) is 11.5 Å². The number of carbonyl (C=O) groups is 2. The Balaban J connectivity index is 1.57. The number of hydrogen-bond donors (Lipinski definition) is 1. The van der Waals surface area contributed by atoms with Crippen molar-refractivity contribution >= 4 is 35.2 Å². The van der Waals surface area contributed by atoms with Gasteiger partial charge in [-0.05, 0) is 24.3 Å². The summed E-state index contributed by atoms with van der Waals surface area (Å²) in [7, 11) is 0. The maximum atomic E-state index is 12.0. The number of nitro benzene ring substituents is 1. The summed E-state index contributed by atoms with van der Waals surface area (Å²) in [5.74, 6) is -1.44. The first-order valence-electron chi connectivity index (χ1n) is 7.74. The lowest BCUT2D eigenvalue weighted by Gasteiger charge is -2.04. The Morgan fingerprint density at radius 2 is 1.93 bits per heavy atom. The first kappa shape index (κ1) is 19.0. The van der Waals surface area contributed by atoms with Gasteiger partial charge in [-0.2, -0.15) is 0 Å². The van der Waals surface area contributed by atoms with E-state index in [2.05, 4.69) is 15.5 Å². The molecule has 0 radical (unpaired) electrons. The van der Waals surface area contributed by atoms with Gasteiger partial charge >= 0.3 is 12.0 Å². The number of nitro groups is 1. The predicted molar refractivity (Wildman–Crippen MR) is 96.8 cm³/mol. The molecule has 0 aliphatic carbocycles. The van der Waals surface area contributed by atoms with Gasteiger partial charge < -0.3 is 9.15 Å². The second-order valence-electron chi connectivity index (χ2n) is 5.33. The molecule has 11 heteroatoms. The molecule has 0 atom stereocenters. The number of aromatic nitrogens is 2. The molecule has 3 rings (SSSR count). The Hall–Kier alpha value is -3.79. The fourth-order valence-corrected chi connectivity index (χ4v) is 2.31. The van der Waals surface area contributed by atoms with E-state index in [9.17, 15) is 19.7 Å². The average Bonchev–Trinajstić information content (AvgIpc) is 3.15. The fourth-order valence-electron chi connectivity index (χ4n) is 2.12. The van der Waals surface area contributed by atoms with E-state index in [0.29, 0.717) is 5.56 Å². The van der Waals surface area contributed by atoms with Crippen LogP contribution in [0.1, 0.15) is 10.4 Å². The summed E-state index contributed by atoms with van der Waals surface area (Å²) in [6.45, 7) is -0.654. The van der Waals surface area contributed by atoms with Crippen molar-refractivity contribution in [3.05, 3.63) is 69.2 Å². The van der Waals surface area contributed by atoms with Gasteiger partial charge in [-0.1, -0.05) is 34.9 Å². The third-order valence-corrected chi connectivity index (χ3v) is 3.72. The number of benzene rings is 2. The largest absolute Gasteiger partial charge is 0.452 e. The summed E-state index contributed by atoms with van der Waals surface area (Å²) < 4.78 is 10.1. The number of esters is 1. The lowest BCUT2D eigenvalue weighted by atomic mass is 10.2. The highest BCUT2D eigenvalue weighted by atomic mass is 35.5. The van der Waals surface area contributed by atoms with Crippen LogP contribution in [-0.4, -0.2) is 33.6 Å². The summed E-state index contributed by atoms with van der Waals surface area (Å²) in [6, 6.07) is 12.2. The molecule has 1 amide bonds. The second kappa shape index (κ2) is 8.27. The van der Waals surface area contributed by atoms with Gasteiger partial charge in [-0.25, -0.2) is 4.79 Å². The van der Waals surface area contributed by atoms with Crippen LogP contribution in [0.5, 0.6) is 0 Å². The quantitative estimate of drug-likeness (QED) is 0.377. The number of nitrogens with zero attached hydrogens (tertiary/aromatic N) is 3. The molecule has 1 heterocycles. The van der Waals surface area contributed by atoms with Crippen molar-refractivity contribution in [2.45, 2.75) is 0 Å². The van der Waals surface area contributed by atoms with Crippen LogP contribution in [0, 0.1) is 10.1 Å². The monoisotopic (exact) mass is 402 g/mol. The molecule has 0 saturated carbocycles. The van der Waals surface area contributed by atoms with Crippen molar-refractivity contribution in [3.63, 3.8) is 0 Å². The van der Waals surface area contributed by atoms with Crippen molar-refractivity contribution in [1.29, 1.82) is 0 Å². The minimum Gasteiger partial charge on any atom is -0.452 e. The van der Waals surface area contributed by atoms with Gasteiger partial charge in [0.05, 0.1) is 10.5 Å². The van der Waals surface area contributed by atoms with Crippen molar-refractivity contribution < 1.29 is 23.7 Å². The van der Waals surface area contributed by atoms with Crippen molar-refractivity contribution in [1.82, 2.24) is 10.2 Å². The lowest BCUT2D eigenvalue weighted by Crippen LogP contribution is -2.21. The average molecular weight is 403 g/mol. The molecule has 0 fully saturated rings. The lowest BCUT2D eigenvalue weighted by molar-refractivity contribution is -0.384. The third kappa shape index (κ3) is 4.48. The van der Waals surface area contributed by atoms with E-state index in [4.69, 9.17) is 20.8 Å². The second-order valence-corrected chi connectivity index (χ2v) is 5.73. The molecule has 3 aromatic rings. The number of carbonyl (C=O) groups excluding carboxylic acids is 2. The highest BCUT2D eigenvalue weighted by Crippen LogP contribution is 2.25. The number of halogens is 1. The van der Waals surface area contributed by atoms with E-state index in [0.717, 1.165) is 6.07 Å². The summed E-state index contributed by atoms with van der Waals surface area (Å²) >= 11 is 5.68. The van der Waals surface area contributed by atoms with E-state index in [1.807, 2.05) is 6.07 Å². The molecule has 1 N–H and O–H groups in total. The topological polar surface area (TPSA) is 137 Å². The Morgan fingerprint density at radius 1 is 1.18 bits per heavy atom. The van der Waals surface area contributed by atoms with Crippen molar-refractivity contribution in [2.24, 2.45) is 0 Å². The van der Waals surface area contributed by atoms with Crippen LogP contribution in [0.3, 0.4) is 0 Å². The normalized spacial score (nSPS) is 10.3. The zero-order chi connectivity index (χ0) is 20.1. The minimum atomic E-state index is -0.926. The van der Waals surface area contributed by atoms with Gasteiger partial charge in [-0.15, -0.1) is 5.10 Å². The summed E-state index contributed by atoms with van der Waals surface area (Å²) in [4.78, 5) is 34.0. The molecule has 2 aromatic carbocycles. The zero-order valence-corrected chi connectivity index (χ0v) is 14.8. The van der Waals surface area contributed by atoms with E-state index < -0.39 is 29.1 Å². The maximum absolute atomic E-state index is 12.0. The molecule has 1 aromatic heterocycles. The van der Waals surface area contributed by atoms with Crippen molar-refractivity contribution in [2.75, 3.05) is 11.9 Å². The van der Waals surface area contributed by atoms with E-state index in [1.54, 1.807) is 24.3 Å². The first-order valence-corrected chi connectivity index (χ1v) is 8.11. The Kier molecular flexibility index (Phi) is 5.61. The highest BCUT2D eigenvalue weighted by Gasteiger charge is 2.18. The number of hydrogen-bond acceptors (Lipinski definition) is 8. The van der Waals surface area contributed by atoms with Gasteiger partial charge in [0.15, 0.2) is 6.61 Å². The van der Waals surface area contributed by atoms with Gasteiger partial charge in [0.25, 0.3) is 11.6 Å². The molecule has 28 heavy (non-hydrogen) atoms. The number of rotatable bonds is 6. The third-order valence-electron chi connectivity index (χ3n) is 3.40. The van der Waals surface area contributed by atoms with Gasteiger partial charge in [0.1, 0.15) is 5.02 Å². The fraction of sp³-hybridized carbons (Fsp3) is 0.0588. The molecule has 0 aliphatic rings. The maximum Gasteiger partial charge on any atom is 0.338 e. The Labute approximate surface area is 162 Å². The van der Waals surface area contributed by atoms with Crippen LogP contribution in [-0.2, 0) is 9.53 Å². The first-order chi connectivity index (χ1) is 13.4. The van der Waals surface area contributed by atoms with E-state index >= 15 is 0 Å². The minimum absolute atomic E-state index is 0.118. The Bertz CT molecular complexity index is 1040. The number of ether oxygens (including phenoxy) is 1. The predicted octanol–water partition coefficient (Wildman–Crippen LogP) is 3.09. The summed E-state index contributed by atoms with van der Waals surface area (Å²) in [5.41, 5.74) is 0.110. The van der Waals surface area contributed by atoms with Crippen LogP contribution < -0.4 is 5.32 Å². The summed E-state index contributed by atoms with van der Waals surface area (Å²) in [5, 5.41) is 20.5. The molecule has 0 spiro atoms. The molecule has 0 bridgehead atoms. The molecule has 0 unspecified atom stereocenters.